The molecular weight excluding hydrogens is 398 g/mol. The number of ether oxygens (including phenoxy) is 1. The number of anilines is 1. The number of carbonyl (C=O) groups is 2. The fraction of sp³-hybridized carbons (Fsp3) is 0.0500. The van der Waals surface area contributed by atoms with E-state index < -0.39 is 17.3 Å². The number of carboxylic acid groups (broad SMARTS) is 1. The topological polar surface area (TPSA) is 89.9 Å². The first kappa shape index (κ1) is 19.7. The van der Waals surface area contributed by atoms with Crippen molar-refractivity contribution in [2.45, 2.75) is 0 Å². The number of thiocarbonyl (C=S) groups is 1. The molecule has 1 N–H and O–H groups in total. The van der Waals surface area contributed by atoms with Crippen LogP contribution in [-0.4, -0.2) is 27.9 Å². The molecule has 28 heavy (non-hydrogen) atoms. The van der Waals surface area contributed by atoms with Gasteiger partial charge < -0.3 is 14.9 Å². The fourth-order valence-electron chi connectivity index (χ4n) is 2.48. The van der Waals surface area contributed by atoms with E-state index in [4.69, 9.17) is 22.1 Å². The van der Waals surface area contributed by atoms with E-state index in [0.717, 1.165) is 29.5 Å². The molecule has 2 aromatic carbocycles. The lowest BCUT2D eigenvalue weighted by molar-refractivity contribution is -0.268. The number of thioether (sulfide) groups is 1. The molecule has 0 bridgehead atoms. The van der Waals surface area contributed by atoms with E-state index in [9.17, 15) is 14.7 Å². The molecule has 0 aromatic heterocycles. The summed E-state index contributed by atoms with van der Waals surface area (Å²) in [5.74, 6) is -1.68. The van der Waals surface area contributed by atoms with Gasteiger partial charge in [-0.2, -0.15) is 0 Å². The van der Waals surface area contributed by atoms with Crippen molar-refractivity contribution < 1.29 is 24.5 Å². The van der Waals surface area contributed by atoms with Crippen LogP contribution in [0, 0.1) is 0 Å². The summed E-state index contributed by atoms with van der Waals surface area (Å²) < 4.78 is 5.68. The van der Waals surface area contributed by atoms with Crippen molar-refractivity contribution in [2.75, 3.05) is 11.5 Å². The predicted molar refractivity (Wildman–Crippen MR) is 111 cm³/mol. The number of aromatic carboxylic acids is 1. The largest absolute Gasteiger partial charge is 0.872 e. The summed E-state index contributed by atoms with van der Waals surface area (Å²) in [6, 6.07) is 10.8. The number of benzene rings is 2. The Morgan fingerprint density at radius 2 is 2.00 bits per heavy atom. The number of carboxylic acids is 1. The molecule has 8 heteroatoms. The second-order valence-corrected chi connectivity index (χ2v) is 7.35. The molecule has 1 amide bonds. The molecule has 1 aliphatic heterocycles. The zero-order chi connectivity index (χ0) is 20.3. The first-order valence-electron chi connectivity index (χ1n) is 8.07. The first-order valence-corrected chi connectivity index (χ1v) is 9.29. The summed E-state index contributed by atoms with van der Waals surface area (Å²) in [5, 5.41) is 20.8. The number of nitrogens with zero attached hydrogens (tertiary/aromatic N) is 1. The Kier molecular flexibility index (Phi) is 5.81. The van der Waals surface area contributed by atoms with Gasteiger partial charge in [0, 0.05) is 0 Å². The average molecular weight is 412 g/mol. The quantitative estimate of drug-likeness (QED) is 0.442. The molecule has 0 spiro atoms. The second-order valence-electron chi connectivity index (χ2n) is 5.67. The predicted octanol–water partition coefficient (Wildman–Crippen LogP) is 3.43. The van der Waals surface area contributed by atoms with Gasteiger partial charge in [0.2, 0.25) is 0 Å². The summed E-state index contributed by atoms with van der Waals surface area (Å²) in [6.45, 7) is 3.99. The molecule has 1 saturated heterocycles. The van der Waals surface area contributed by atoms with Crippen LogP contribution in [0.2, 0.25) is 0 Å². The number of hydrogen-bond donors (Lipinski definition) is 1. The molecule has 0 atom stereocenters. The van der Waals surface area contributed by atoms with Crippen LogP contribution in [0.25, 0.3) is 6.08 Å². The Hall–Kier alpha value is -3.10. The highest BCUT2D eigenvalue weighted by Crippen LogP contribution is 2.37. The van der Waals surface area contributed by atoms with E-state index in [1.54, 1.807) is 36.4 Å². The normalized spacial score (nSPS) is 15.1. The van der Waals surface area contributed by atoms with Crippen LogP contribution in [0.4, 0.5) is 5.69 Å². The fourth-order valence-corrected chi connectivity index (χ4v) is 3.78. The van der Waals surface area contributed by atoms with Gasteiger partial charge >= 0.3 is 5.97 Å². The van der Waals surface area contributed by atoms with Crippen molar-refractivity contribution in [3.8, 4) is 11.5 Å². The highest BCUT2D eigenvalue weighted by Gasteiger charge is 2.33. The highest BCUT2D eigenvalue weighted by atomic mass is 32.2. The number of amides is 1. The van der Waals surface area contributed by atoms with Crippen LogP contribution >= 0.6 is 24.0 Å². The van der Waals surface area contributed by atoms with Crippen LogP contribution in [0.3, 0.4) is 0 Å². The van der Waals surface area contributed by atoms with Crippen LogP contribution in [0.1, 0.15) is 15.9 Å². The van der Waals surface area contributed by atoms with Crippen molar-refractivity contribution in [2.24, 2.45) is 0 Å². The van der Waals surface area contributed by atoms with E-state index in [0.29, 0.717) is 17.3 Å². The van der Waals surface area contributed by atoms with E-state index in [2.05, 4.69) is 6.58 Å². The number of carbonyl (C=O) groups excluding carboxylic acids is 1. The van der Waals surface area contributed by atoms with Gasteiger partial charge in [-0.15, -0.1) is 0 Å². The van der Waals surface area contributed by atoms with Gasteiger partial charge in [-0.1, -0.05) is 60.6 Å². The summed E-state index contributed by atoms with van der Waals surface area (Å²) in [7, 11) is 0. The van der Waals surface area contributed by atoms with Gasteiger partial charge in [-0.25, -0.2) is 4.79 Å². The van der Waals surface area contributed by atoms with Crippen molar-refractivity contribution in [3.05, 3.63) is 71.2 Å². The zero-order valence-corrected chi connectivity index (χ0v) is 16.1. The molecule has 6 nitrogen and oxygen atoms in total. The molecule has 0 radical (unpaired) electrons. The SMILES string of the molecule is C=CCOc1ccc(/C=C2\SC(=S)N(c3ccc([O-])c(C(=O)O)c3)C2=O)cc1. The minimum Gasteiger partial charge on any atom is -0.872 e. The van der Waals surface area contributed by atoms with Crippen molar-refractivity contribution in [1.82, 2.24) is 0 Å². The lowest BCUT2D eigenvalue weighted by Crippen LogP contribution is -2.27. The second kappa shape index (κ2) is 8.28. The molecule has 0 aliphatic carbocycles. The number of rotatable bonds is 6. The third kappa shape index (κ3) is 4.08. The van der Waals surface area contributed by atoms with Crippen molar-refractivity contribution >= 4 is 51.9 Å². The minimum absolute atomic E-state index is 0.246. The summed E-state index contributed by atoms with van der Waals surface area (Å²) >= 11 is 6.38. The lowest BCUT2D eigenvalue weighted by atomic mass is 10.1. The summed E-state index contributed by atoms with van der Waals surface area (Å²) in [4.78, 5) is 25.6. The summed E-state index contributed by atoms with van der Waals surface area (Å²) in [6.07, 6.45) is 3.34. The van der Waals surface area contributed by atoms with Gasteiger partial charge in [-0.3, -0.25) is 9.69 Å². The maximum absolute atomic E-state index is 12.8. The van der Waals surface area contributed by atoms with Gasteiger partial charge in [-0.05, 0) is 35.9 Å². The first-order chi connectivity index (χ1) is 13.4. The minimum atomic E-state index is -1.36. The molecule has 0 saturated carbocycles. The van der Waals surface area contributed by atoms with Gasteiger partial charge in [0.15, 0.2) is 4.32 Å². The van der Waals surface area contributed by atoms with Crippen LogP contribution in [0.5, 0.6) is 11.5 Å². The number of hydrogen-bond acceptors (Lipinski definition) is 6. The molecular formula is C20H14NO5S2-. The Balaban J connectivity index is 1.85. The van der Waals surface area contributed by atoms with Crippen LogP contribution in [0.15, 0.2) is 60.0 Å². The smallest absolute Gasteiger partial charge is 0.335 e. The highest BCUT2D eigenvalue weighted by molar-refractivity contribution is 8.27. The van der Waals surface area contributed by atoms with Crippen LogP contribution < -0.4 is 14.7 Å². The Morgan fingerprint density at radius 1 is 1.29 bits per heavy atom. The van der Waals surface area contributed by atoms with E-state index in [1.807, 2.05) is 0 Å². The third-order valence-electron chi connectivity index (χ3n) is 3.79. The Bertz CT molecular complexity index is 998. The Morgan fingerprint density at radius 3 is 2.64 bits per heavy atom. The van der Waals surface area contributed by atoms with Gasteiger partial charge in [0.05, 0.1) is 16.2 Å². The molecule has 1 fully saturated rings. The van der Waals surface area contributed by atoms with E-state index in [1.165, 1.54) is 11.0 Å². The summed E-state index contributed by atoms with van der Waals surface area (Å²) in [5.41, 5.74) is 0.620. The van der Waals surface area contributed by atoms with Gasteiger partial charge in [0.25, 0.3) is 5.91 Å². The molecule has 3 rings (SSSR count). The molecule has 2 aromatic rings. The maximum atomic E-state index is 12.8. The van der Waals surface area contributed by atoms with E-state index in [-0.39, 0.29) is 15.9 Å². The van der Waals surface area contributed by atoms with Gasteiger partial charge in [0.1, 0.15) is 12.4 Å². The Labute approximate surface area is 170 Å². The molecule has 142 valence electrons. The lowest BCUT2D eigenvalue weighted by Gasteiger charge is -2.18. The van der Waals surface area contributed by atoms with Crippen molar-refractivity contribution in [1.29, 1.82) is 0 Å². The third-order valence-corrected chi connectivity index (χ3v) is 5.09. The molecule has 1 heterocycles. The van der Waals surface area contributed by atoms with E-state index >= 15 is 0 Å². The van der Waals surface area contributed by atoms with Crippen molar-refractivity contribution in [3.63, 3.8) is 0 Å². The molecule has 0 unspecified atom stereocenters. The molecule has 1 aliphatic rings. The zero-order valence-electron chi connectivity index (χ0n) is 14.5. The monoisotopic (exact) mass is 412 g/mol. The maximum Gasteiger partial charge on any atom is 0.335 e. The standard InChI is InChI=1S/C20H15NO5S2/c1-2-9-26-14-6-3-12(4-7-14)10-17-18(23)21(20(27)28-17)13-5-8-16(22)15(11-13)19(24)25/h2-8,10-11,22H,1,9H2,(H,24,25)/p-1/b17-10-. The van der Waals surface area contributed by atoms with Crippen LogP contribution in [-0.2, 0) is 4.79 Å². The average Bonchev–Trinajstić information content (AvgIpc) is 2.95.